The second-order valence-electron chi connectivity index (χ2n) is 12.8. The molecule has 3 aromatic heterocycles. The van der Waals surface area contributed by atoms with Crippen LogP contribution in [0.3, 0.4) is 0 Å². The zero-order valence-electron chi connectivity index (χ0n) is 26.6. The lowest BCUT2D eigenvalue weighted by Crippen LogP contribution is -2.28. The van der Waals surface area contributed by atoms with E-state index in [2.05, 4.69) is 169 Å². The van der Waals surface area contributed by atoms with E-state index in [0.717, 1.165) is 49.8 Å². The van der Waals surface area contributed by atoms with Crippen LogP contribution in [0.25, 0.3) is 66.4 Å². The van der Waals surface area contributed by atoms with Crippen LogP contribution in [0.5, 0.6) is 0 Å². The van der Waals surface area contributed by atoms with Crippen LogP contribution < -0.4 is 0 Å². The predicted octanol–water partition coefficient (Wildman–Crippen LogP) is 11.0. The molecule has 0 atom stereocenters. The summed E-state index contributed by atoms with van der Waals surface area (Å²) in [7, 11) is 0. The summed E-state index contributed by atoms with van der Waals surface area (Å²) in [5.74, 6) is 0. The molecular formula is C46H29N3. The normalized spacial score (nSPS) is 13.1. The van der Waals surface area contributed by atoms with Crippen molar-refractivity contribution in [3.8, 4) is 33.6 Å². The molecule has 49 heavy (non-hydrogen) atoms. The Balaban J connectivity index is 1.10. The molecule has 3 heterocycles. The Labute approximate surface area is 284 Å². The molecule has 228 valence electrons. The van der Waals surface area contributed by atoms with E-state index in [1.54, 1.807) is 0 Å². The second-order valence-corrected chi connectivity index (χ2v) is 12.8. The molecule has 0 aliphatic heterocycles. The molecule has 0 saturated heterocycles. The van der Waals surface area contributed by atoms with Crippen molar-refractivity contribution in [2.45, 2.75) is 5.41 Å². The van der Waals surface area contributed by atoms with Crippen molar-refractivity contribution in [3.05, 3.63) is 198 Å². The van der Waals surface area contributed by atoms with Crippen LogP contribution in [-0.2, 0) is 5.41 Å². The Kier molecular flexibility index (Phi) is 6.09. The van der Waals surface area contributed by atoms with Gasteiger partial charge in [-0.2, -0.15) is 0 Å². The first-order valence-corrected chi connectivity index (χ1v) is 16.7. The van der Waals surface area contributed by atoms with E-state index in [1.165, 1.54) is 38.8 Å². The highest BCUT2D eigenvalue weighted by Crippen LogP contribution is 2.57. The zero-order valence-corrected chi connectivity index (χ0v) is 26.6. The second kappa shape index (κ2) is 10.8. The fourth-order valence-corrected chi connectivity index (χ4v) is 8.01. The number of hydrogen-bond acceptors (Lipinski definition) is 3. The van der Waals surface area contributed by atoms with Crippen LogP contribution in [0.15, 0.2) is 176 Å². The molecule has 6 aromatic carbocycles. The maximum atomic E-state index is 5.29. The topological polar surface area (TPSA) is 38.7 Å². The van der Waals surface area contributed by atoms with E-state index < -0.39 is 5.41 Å². The van der Waals surface area contributed by atoms with Gasteiger partial charge in [0.1, 0.15) is 0 Å². The van der Waals surface area contributed by atoms with E-state index >= 15 is 0 Å². The smallest absolute Gasteiger partial charge is 0.0972 e. The van der Waals surface area contributed by atoms with Crippen molar-refractivity contribution < 1.29 is 0 Å². The number of benzene rings is 6. The maximum Gasteiger partial charge on any atom is 0.0972 e. The molecule has 1 aliphatic rings. The first-order valence-electron chi connectivity index (χ1n) is 16.7. The number of nitrogens with zero attached hydrogens (tertiary/aromatic N) is 3. The van der Waals surface area contributed by atoms with E-state index in [1.807, 2.05) is 12.3 Å². The molecule has 0 fully saturated rings. The Morgan fingerprint density at radius 3 is 1.76 bits per heavy atom. The summed E-state index contributed by atoms with van der Waals surface area (Å²) < 4.78 is 0. The van der Waals surface area contributed by atoms with Gasteiger partial charge in [0, 0.05) is 33.5 Å². The molecule has 0 bridgehead atoms. The molecule has 0 saturated carbocycles. The Morgan fingerprint density at radius 1 is 0.408 bits per heavy atom. The van der Waals surface area contributed by atoms with Crippen LogP contribution in [0.2, 0.25) is 0 Å². The van der Waals surface area contributed by atoms with Gasteiger partial charge in [0.15, 0.2) is 0 Å². The van der Waals surface area contributed by atoms with Gasteiger partial charge < -0.3 is 0 Å². The minimum absolute atomic E-state index is 0.466. The van der Waals surface area contributed by atoms with E-state index in [-0.39, 0.29) is 0 Å². The highest BCUT2D eigenvalue weighted by molar-refractivity contribution is 6.03. The van der Waals surface area contributed by atoms with Gasteiger partial charge >= 0.3 is 0 Å². The van der Waals surface area contributed by atoms with Crippen LogP contribution >= 0.6 is 0 Å². The molecule has 3 nitrogen and oxygen atoms in total. The van der Waals surface area contributed by atoms with Gasteiger partial charge in [-0.3, -0.25) is 4.98 Å². The lowest BCUT2D eigenvalue weighted by Gasteiger charge is -2.34. The molecule has 3 heteroatoms. The van der Waals surface area contributed by atoms with E-state index in [9.17, 15) is 0 Å². The minimum Gasteiger partial charge on any atom is -0.254 e. The molecule has 0 amide bonds. The number of pyridine rings is 3. The van der Waals surface area contributed by atoms with Crippen molar-refractivity contribution in [2.75, 3.05) is 0 Å². The molecule has 1 aliphatic carbocycles. The number of hydrogen-bond donors (Lipinski definition) is 0. The lowest BCUT2D eigenvalue weighted by atomic mass is 9.67. The number of aromatic nitrogens is 3. The molecule has 0 N–H and O–H groups in total. The average Bonchev–Trinajstić information content (AvgIpc) is 3.50. The zero-order chi connectivity index (χ0) is 32.4. The highest BCUT2D eigenvalue weighted by Gasteiger charge is 2.47. The summed E-state index contributed by atoms with van der Waals surface area (Å²) >= 11 is 0. The average molecular weight is 624 g/mol. The summed E-state index contributed by atoms with van der Waals surface area (Å²) in [5, 5.41) is 3.35. The third kappa shape index (κ3) is 4.12. The lowest BCUT2D eigenvalue weighted by molar-refractivity contribution is 0.775. The summed E-state index contributed by atoms with van der Waals surface area (Å²) in [5.41, 5.74) is 14.0. The highest BCUT2D eigenvalue weighted by atomic mass is 14.8. The summed E-state index contributed by atoms with van der Waals surface area (Å²) in [4.78, 5) is 15.0. The van der Waals surface area contributed by atoms with Crippen molar-refractivity contribution in [1.29, 1.82) is 0 Å². The van der Waals surface area contributed by atoms with Crippen molar-refractivity contribution in [1.82, 2.24) is 15.0 Å². The van der Waals surface area contributed by atoms with Crippen LogP contribution in [0, 0.1) is 0 Å². The SMILES string of the molecule is c1ccc(C2(c3ccccc3)c3ccccc3-c3ccc4nc(-c5ccc(-c6ccc7ccc8cccnc8c7n6)cc5)ccc4c32)cc1. The van der Waals surface area contributed by atoms with Crippen molar-refractivity contribution in [2.24, 2.45) is 0 Å². The van der Waals surface area contributed by atoms with Gasteiger partial charge in [-0.1, -0.05) is 146 Å². The Hall–Kier alpha value is -6.45. The van der Waals surface area contributed by atoms with E-state index in [0.29, 0.717) is 0 Å². The van der Waals surface area contributed by atoms with Gasteiger partial charge in [0.2, 0.25) is 0 Å². The maximum absolute atomic E-state index is 5.29. The first kappa shape index (κ1) is 27.6. The number of rotatable bonds is 4. The molecule has 0 radical (unpaired) electrons. The summed E-state index contributed by atoms with van der Waals surface area (Å²) in [6.45, 7) is 0. The fourth-order valence-electron chi connectivity index (χ4n) is 8.01. The largest absolute Gasteiger partial charge is 0.254 e. The standard InChI is InChI=1S/C46H29N3/c1-3-11-34(12-4-1)46(35-13-5-2-6-14-35)39-16-8-7-15-36(39)37-24-28-42-38(43(37)46)25-27-40(48-42)30-17-19-31(20-18-30)41-26-23-33-22-21-32-10-9-29-47-44(32)45(33)49-41/h1-29H. The van der Waals surface area contributed by atoms with Gasteiger partial charge in [-0.25, -0.2) is 9.97 Å². The first-order chi connectivity index (χ1) is 24.3. The molecule has 10 rings (SSSR count). The van der Waals surface area contributed by atoms with Crippen molar-refractivity contribution >= 4 is 32.7 Å². The molecule has 0 spiro atoms. The van der Waals surface area contributed by atoms with Crippen LogP contribution in [-0.4, -0.2) is 15.0 Å². The fraction of sp³-hybridized carbons (Fsp3) is 0.0217. The molecule has 9 aromatic rings. The molecular weight excluding hydrogens is 595 g/mol. The third-order valence-electron chi connectivity index (χ3n) is 10.2. The number of fused-ring (bicyclic) bond motifs is 8. The monoisotopic (exact) mass is 623 g/mol. The Morgan fingerprint density at radius 2 is 1.02 bits per heavy atom. The quantitative estimate of drug-likeness (QED) is 0.183. The van der Waals surface area contributed by atoms with Crippen molar-refractivity contribution in [3.63, 3.8) is 0 Å². The van der Waals surface area contributed by atoms with Gasteiger partial charge in [-0.05, 0) is 57.6 Å². The van der Waals surface area contributed by atoms with Gasteiger partial charge in [-0.15, -0.1) is 0 Å². The van der Waals surface area contributed by atoms with Crippen LogP contribution in [0.4, 0.5) is 0 Å². The summed E-state index contributed by atoms with van der Waals surface area (Å²) in [6, 6.07) is 60.7. The Bertz CT molecular complexity index is 2660. The minimum atomic E-state index is -0.466. The molecule has 0 unspecified atom stereocenters. The van der Waals surface area contributed by atoms with Gasteiger partial charge in [0.25, 0.3) is 0 Å². The van der Waals surface area contributed by atoms with E-state index in [4.69, 9.17) is 9.97 Å². The summed E-state index contributed by atoms with van der Waals surface area (Å²) in [6.07, 6.45) is 1.83. The predicted molar refractivity (Wildman–Crippen MR) is 201 cm³/mol. The van der Waals surface area contributed by atoms with Crippen LogP contribution in [0.1, 0.15) is 22.3 Å². The van der Waals surface area contributed by atoms with Gasteiger partial charge in [0.05, 0.1) is 33.4 Å². The third-order valence-corrected chi connectivity index (χ3v) is 10.2.